The minimum Gasteiger partial charge on any atom is -0.337 e. The third kappa shape index (κ3) is 3.89. The first-order valence-electron chi connectivity index (χ1n) is 8.86. The molecule has 1 aromatic rings. The Morgan fingerprint density at radius 3 is 2.39 bits per heavy atom. The first-order chi connectivity index (χ1) is 11.0. The Bertz CT molecular complexity index is 558. The van der Waals surface area contributed by atoms with Gasteiger partial charge in [-0.25, -0.2) is 9.97 Å². The van der Waals surface area contributed by atoms with E-state index >= 15 is 0 Å². The number of carbonyl (C=O) groups is 1. The summed E-state index contributed by atoms with van der Waals surface area (Å²) < 4.78 is 0. The van der Waals surface area contributed by atoms with Gasteiger partial charge in [0.05, 0.1) is 0 Å². The number of rotatable bonds is 2. The second kappa shape index (κ2) is 6.95. The van der Waals surface area contributed by atoms with E-state index in [0.29, 0.717) is 11.6 Å². The fourth-order valence-corrected chi connectivity index (χ4v) is 3.59. The molecule has 0 saturated carbocycles. The Morgan fingerprint density at radius 1 is 1.09 bits per heavy atom. The highest BCUT2D eigenvalue weighted by Gasteiger charge is 2.25. The Balaban J connectivity index is 1.76. The Morgan fingerprint density at radius 2 is 1.74 bits per heavy atom. The molecule has 0 spiro atoms. The molecule has 0 unspecified atom stereocenters. The predicted molar refractivity (Wildman–Crippen MR) is 90.5 cm³/mol. The molecule has 23 heavy (non-hydrogen) atoms. The standard InChI is InChI=1S/C18H28N4O/c1-13-4-10-22(11-5-13)18(23)17-12-16(19-14(2)20-17)15-6-8-21(3)9-7-15/h12-13,15H,4-11H2,1-3H3. The average Bonchev–Trinajstić information content (AvgIpc) is 2.55. The van der Waals surface area contributed by atoms with Crippen molar-refractivity contribution in [3.05, 3.63) is 23.3 Å². The molecule has 2 saturated heterocycles. The fourth-order valence-electron chi connectivity index (χ4n) is 3.59. The van der Waals surface area contributed by atoms with E-state index < -0.39 is 0 Å². The third-order valence-corrected chi connectivity index (χ3v) is 5.28. The number of aryl methyl sites for hydroxylation is 1. The average molecular weight is 316 g/mol. The number of amides is 1. The van der Waals surface area contributed by atoms with Crippen LogP contribution in [0.4, 0.5) is 0 Å². The van der Waals surface area contributed by atoms with Crippen molar-refractivity contribution >= 4 is 5.91 Å². The molecule has 0 bridgehead atoms. The zero-order valence-corrected chi connectivity index (χ0v) is 14.6. The van der Waals surface area contributed by atoms with Gasteiger partial charge in [0.2, 0.25) is 0 Å². The monoisotopic (exact) mass is 316 g/mol. The van der Waals surface area contributed by atoms with Crippen LogP contribution in [0.15, 0.2) is 6.07 Å². The van der Waals surface area contributed by atoms with Crippen molar-refractivity contribution in [2.75, 3.05) is 33.2 Å². The van der Waals surface area contributed by atoms with Gasteiger partial charge in [-0.1, -0.05) is 6.92 Å². The third-order valence-electron chi connectivity index (χ3n) is 5.28. The summed E-state index contributed by atoms with van der Waals surface area (Å²) in [4.78, 5) is 26.1. The van der Waals surface area contributed by atoms with E-state index in [4.69, 9.17) is 0 Å². The summed E-state index contributed by atoms with van der Waals surface area (Å²) in [5, 5.41) is 0. The van der Waals surface area contributed by atoms with Crippen molar-refractivity contribution in [1.82, 2.24) is 19.8 Å². The zero-order chi connectivity index (χ0) is 16.4. The maximum absolute atomic E-state index is 12.8. The normalized spacial score (nSPS) is 21.6. The summed E-state index contributed by atoms with van der Waals surface area (Å²) in [6.07, 6.45) is 4.42. The molecule has 3 heterocycles. The molecule has 1 aromatic heterocycles. The van der Waals surface area contributed by atoms with Gasteiger partial charge in [-0.2, -0.15) is 0 Å². The topological polar surface area (TPSA) is 49.3 Å². The van der Waals surface area contributed by atoms with Crippen molar-refractivity contribution in [2.45, 2.75) is 45.4 Å². The van der Waals surface area contributed by atoms with Gasteiger partial charge in [-0.05, 0) is 64.7 Å². The Hall–Kier alpha value is -1.49. The highest BCUT2D eigenvalue weighted by Crippen LogP contribution is 2.27. The summed E-state index contributed by atoms with van der Waals surface area (Å²) >= 11 is 0. The minimum atomic E-state index is 0.0802. The number of carbonyl (C=O) groups excluding carboxylic acids is 1. The van der Waals surface area contributed by atoms with Crippen molar-refractivity contribution in [3.63, 3.8) is 0 Å². The molecule has 2 fully saturated rings. The minimum absolute atomic E-state index is 0.0802. The summed E-state index contributed by atoms with van der Waals surface area (Å²) in [5.74, 6) is 1.98. The van der Waals surface area contributed by atoms with Gasteiger partial charge < -0.3 is 9.80 Å². The van der Waals surface area contributed by atoms with Gasteiger partial charge in [0, 0.05) is 24.7 Å². The van der Waals surface area contributed by atoms with Crippen LogP contribution in [0.3, 0.4) is 0 Å². The zero-order valence-electron chi connectivity index (χ0n) is 14.6. The number of hydrogen-bond donors (Lipinski definition) is 0. The van der Waals surface area contributed by atoms with Gasteiger partial charge >= 0.3 is 0 Å². The van der Waals surface area contributed by atoms with Gasteiger partial charge in [-0.3, -0.25) is 4.79 Å². The van der Waals surface area contributed by atoms with E-state index in [0.717, 1.165) is 69.3 Å². The molecule has 0 radical (unpaired) electrons. The lowest BCUT2D eigenvalue weighted by Gasteiger charge is -2.31. The number of hydrogen-bond acceptors (Lipinski definition) is 4. The molecule has 5 heteroatoms. The molecule has 0 N–H and O–H groups in total. The van der Waals surface area contributed by atoms with E-state index in [1.807, 2.05) is 17.9 Å². The predicted octanol–water partition coefficient (Wildman–Crippen LogP) is 2.47. The van der Waals surface area contributed by atoms with Crippen LogP contribution in [0.25, 0.3) is 0 Å². The van der Waals surface area contributed by atoms with Gasteiger partial charge in [0.1, 0.15) is 11.5 Å². The van der Waals surface area contributed by atoms with Crippen LogP contribution >= 0.6 is 0 Å². The number of piperidine rings is 2. The second-order valence-corrected chi connectivity index (χ2v) is 7.28. The Labute approximate surface area is 139 Å². The highest BCUT2D eigenvalue weighted by atomic mass is 16.2. The molecule has 0 aliphatic carbocycles. The van der Waals surface area contributed by atoms with Crippen LogP contribution in [0.2, 0.25) is 0 Å². The second-order valence-electron chi connectivity index (χ2n) is 7.28. The van der Waals surface area contributed by atoms with Crippen LogP contribution < -0.4 is 0 Å². The van der Waals surface area contributed by atoms with Gasteiger partial charge in [0.15, 0.2) is 0 Å². The smallest absolute Gasteiger partial charge is 0.272 e. The van der Waals surface area contributed by atoms with Crippen molar-refractivity contribution in [3.8, 4) is 0 Å². The number of nitrogens with zero attached hydrogens (tertiary/aromatic N) is 4. The van der Waals surface area contributed by atoms with E-state index in [-0.39, 0.29) is 5.91 Å². The lowest BCUT2D eigenvalue weighted by Crippen LogP contribution is -2.38. The maximum atomic E-state index is 12.8. The maximum Gasteiger partial charge on any atom is 0.272 e. The lowest BCUT2D eigenvalue weighted by atomic mass is 9.93. The molecule has 0 atom stereocenters. The van der Waals surface area contributed by atoms with Crippen molar-refractivity contribution < 1.29 is 4.79 Å². The number of aromatic nitrogens is 2. The molecule has 1 amide bonds. The van der Waals surface area contributed by atoms with E-state index in [9.17, 15) is 4.79 Å². The molecule has 2 aliphatic heterocycles. The number of likely N-dealkylation sites (tertiary alicyclic amines) is 2. The Kier molecular flexibility index (Phi) is 4.95. The molecular weight excluding hydrogens is 288 g/mol. The summed E-state index contributed by atoms with van der Waals surface area (Å²) in [5.41, 5.74) is 1.64. The quantitative estimate of drug-likeness (QED) is 0.841. The van der Waals surface area contributed by atoms with Crippen LogP contribution in [0.1, 0.15) is 60.5 Å². The van der Waals surface area contributed by atoms with E-state index in [1.165, 1.54) is 0 Å². The first-order valence-corrected chi connectivity index (χ1v) is 8.86. The largest absolute Gasteiger partial charge is 0.337 e. The van der Waals surface area contributed by atoms with Crippen molar-refractivity contribution in [2.24, 2.45) is 5.92 Å². The molecule has 5 nitrogen and oxygen atoms in total. The van der Waals surface area contributed by atoms with E-state index in [2.05, 4.69) is 28.8 Å². The highest BCUT2D eigenvalue weighted by molar-refractivity contribution is 5.92. The summed E-state index contributed by atoms with van der Waals surface area (Å²) in [7, 11) is 2.16. The van der Waals surface area contributed by atoms with E-state index in [1.54, 1.807) is 0 Å². The molecule has 2 aliphatic rings. The van der Waals surface area contributed by atoms with Crippen molar-refractivity contribution in [1.29, 1.82) is 0 Å². The lowest BCUT2D eigenvalue weighted by molar-refractivity contribution is 0.0690. The van der Waals surface area contributed by atoms with Gasteiger partial charge in [-0.15, -0.1) is 0 Å². The molecule has 3 rings (SSSR count). The summed E-state index contributed by atoms with van der Waals surface area (Å²) in [6.45, 7) is 8.06. The molecule has 0 aromatic carbocycles. The van der Waals surface area contributed by atoms with Crippen LogP contribution in [-0.2, 0) is 0 Å². The van der Waals surface area contributed by atoms with Crippen LogP contribution in [0.5, 0.6) is 0 Å². The first kappa shape index (κ1) is 16.4. The molecule has 126 valence electrons. The van der Waals surface area contributed by atoms with Crippen LogP contribution in [-0.4, -0.2) is 58.9 Å². The van der Waals surface area contributed by atoms with Crippen LogP contribution in [0, 0.1) is 12.8 Å². The SMILES string of the molecule is Cc1nc(C(=O)N2CCC(C)CC2)cc(C2CCN(C)CC2)n1. The molecular formula is C18H28N4O. The fraction of sp³-hybridized carbons (Fsp3) is 0.722. The summed E-state index contributed by atoms with van der Waals surface area (Å²) in [6, 6.07) is 1.95. The van der Waals surface area contributed by atoms with Gasteiger partial charge in [0.25, 0.3) is 5.91 Å².